The van der Waals surface area contributed by atoms with Crippen molar-refractivity contribution in [2.75, 3.05) is 30.3 Å². The van der Waals surface area contributed by atoms with Gasteiger partial charge in [-0.25, -0.2) is 8.42 Å². The molecule has 2 N–H and O–H groups in total. The number of sulfonamides is 1. The first-order chi connectivity index (χ1) is 9.88. The maximum absolute atomic E-state index is 12.4. The number of ether oxygens (including phenoxy) is 1. The van der Waals surface area contributed by atoms with Crippen LogP contribution in [-0.4, -0.2) is 49.5 Å². The van der Waals surface area contributed by atoms with Gasteiger partial charge in [0.25, 0.3) is 0 Å². The van der Waals surface area contributed by atoms with Crippen LogP contribution in [0.2, 0.25) is 0 Å². The Morgan fingerprint density at radius 1 is 1.29 bits per heavy atom. The fourth-order valence-electron chi connectivity index (χ4n) is 2.36. The monoisotopic (exact) mass is 330 g/mol. The Morgan fingerprint density at radius 2 is 1.90 bits per heavy atom. The minimum Gasteiger partial charge on any atom is -0.398 e. The molecule has 0 bridgehead atoms. The van der Waals surface area contributed by atoms with E-state index in [9.17, 15) is 8.42 Å². The van der Waals surface area contributed by atoms with Crippen molar-refractivity contribution in [2.45, 2.75) is 31.0 Å². The Balaban J connectivity index is 1.91. The number of hydrogen-bond acceptors (Lipinski definition) is 5. The molecule has 0 aromatic heterocycles. The lowest BCUT2D eigenvalue weighted by molar-refractivity contribution is -0.0440. The molecule has 0 saturated carbocycles. The Kier molecular flexibility index (Phi) is 5.54. The average molecular weight is 330 g/mol. The summed E-state index contributed by atoms with van der Waals surface area (Å²) in [6.07, 6.45) is -0.109. The van der Waals surface area contributed by atoms with Crippen LogP contribution in [0.15, 0.2) is 29.2 Å². The first-order valence-corrected chi connectivity index (χ1v) is 9.58. The Labute approximate surface area is 130 Å². The summed E-state index contributed by atoms with van der Waals surface area (Å²) >= 11 is 1.48. The van der Waals surface area contributed by atoms with Crippen LogP contribution in [0.1, 0.15) is 13.8 Å². The molecule has 1 aliphatic heterocycles. The van der Waals surface area contributed by atoms with E-state index < -0.39 is 10.0 Å². The molecule has 0 amide bonds. The topological polar surface area (TPSA) is 72.6 Å². The molecule has 1 fully saturated rings. The van der Waals surface area contributed by atoms with Gasteiger partial charge in [0.05, 0.1) is 18.0 Å². The Morgan fingerprint density at radius 3 is 2.52 bits per heavy atom. The molecule has 2 rings (SSSR count). The minimum atomic E-state index is -3.24. The summed E-state index contributed by atoms with van der Waals surface area (Å²) in [6, 6.07) is 7.50. The summed E-state index contributed by atoms with van der Waals surface area (Å²) in [4.78, 5) is 0.927. The van der Waals surface area contributed by atoms with Crippen molar-refractivity contribution in [1.82, 2.24) is 4.31 Å². The molecule has 1 aliphatic rings. The van der Waals surface area contributed by atoms with Crippen molar-refractivity contribution >= 4 is 27.5 Å². The molecule has 0 spiro atoms. The second-order valence-corrected chi connectivity index (χ2v) is 8.50. The Hall–Kier alpha value is -0.760. The van der Waals surface area contributed by atoms with E-state index in [1.807, 2.05) is 38.1 Å². The highest BCUT2D eigenvalue weighted by Crippen LogP contribution is 2.25. The molecule has 21 heavy (non-hydrogen) atoms. The lowest BCUT2D eigenvalue weighted by atomic mass is 10.3. The van der Waals surface area contributed by atoms with E-state index in [-0.39, 0.29) is 18.0 Å². The zero-order valence-electron chi connectivity index (χ0n) is 12.4. The van der Waals surface area contributed by atoms with Crippen LogP contribution in [-0.2, 0) is 14.8 Å². The molecule has 0 radical (unpaired) electrons. The standard InChI is InChI=1S/C14H22N2O3S2/c1-11-9-16(10-12(2)19-11)21(17,18)8-7-20-14-6-4-3-5-13(14)15/h3-6,11-12H,7-10,15H2,1-2H3. The molecule has 5 nitrogen and oxygen atoms in total. The highest BCUT2D eigenvalue weighted by Gasteiger charge is 2.30. The molecule has 1 aromatic rings. The molecular formula is C14H22N2O3S2. The van der Waals surface area contributed by atoms with Gasteiger partial charge in [-0.05, 0) is 26.0 Å². The van der Waals surface area contributed by atoms with Crippen molar-refractivity contribution in [1.29, 1.82) is 0 Å². The molecule has 0 aliphatic carbocycles. The first kappa shape index (κ1) is 16.6. The largest absolute Gasteiger partial charge is 0.398 e. The average Bonchev–Trinajstić information content (AvgIpc) is 2.40. The number of nitrogens with zero attached hydrogens (tertiary/aromatic N) is 1. The normalized spacial score (nSPS) is 24.1. The summed E-state index contributed by atoms with van der Waals surface area (Å²) in [6.45, 7) is 4.67. The number of nitrogen functional groups attached to an aromatic ring is 1. The third kappa shape index (κ3) is 4.60. The van der Waals surface area contributed by atoms with E-state index >= 15 is 0 Å². The number of nitrogens with two attached hydrogens (primary N) is 1. The van der Waals surface area contributed by atoms with Crippen LogP contribution in [0.25, 0.3) is 0 Å². The van der Waals surface area contributed by atoms with E-state index in [2.05, 4.69) is 0 Å². The second kappa shape index (κ2) is 7.00. The molecule has 1 aromatic carbocycles. The van der Waals surface area contributed by atoms with Crippen LogP contribution < -0.4 is 5.73 Å². The van der Waals surface area contributed by atoms with Crippen molar-refractivity contribution < 1.29 is 13.2 Å². The summed E-state index contributed by atoms with van der Waals surface area (Å²) in [5.74, 6) is 0.613. The summed E-state index contributed by atoms with van der Waals surface area (Å²) in [5.41, 5.74) is 6.54. The van der Waals surface area contributed by atoms with E-state index in [1.54, 1.807) is 4.31 Å². The second-order valence-electron chi connectivity index (χ2n) is 5.28. The van der Waals surface area contributed by atoms with Crippen molar-refractivity contribution in [2.24, 2.45) is 0 Å². The summed E-state index contributed by atoms with van der Waals surface area (Å²) in [7, 11) is -3.24. The van der Waals surface area contributed by atoms with Gasteiger partial charge >= 0.3 is 0 Å². The quantitative estimate of drug-likeness (QED) is 0.658. The predicted molar refractivity (Wildman–Crippen MR) is 86.9 cm³/mol. The van der Waals surface area contributed by atoms with Gasteiger partial charge in [-0.15, -0.1) is 11.8 Å². The van der Waals surface area contributed by atoms with Crippen LogP contribution in [0, 0.1) is 0 Å². The highest BCUT2D eigenvalue weighted by atomic mass is 32.2. The number of rotatable bonds is 5. The lowest BCUT2D eigenvalue weighted by Crippen LogP contribution is -2.49. The van der Waals surface area contributed by atoms with E-state index in [4.69, 9.17) is 10.5 Å². The highest BCUT2D eigenvalue weighted by molar-refractivity contribution is 8.00. The minimum absolute atomic E-state index is 0.0547. The van der Waals surface area contributed by atoms with Gasteiger partial charge in [-0.2, -0.15) is 4.31 Å². The number of hydrogen-bond donors (Lipinski definition) is 1. The lowest BCUT2D eigenvalue weighted by Gasteiger charge is -2.34. The van der Waals surface area contributed by atoms with Crippen molar-refractivity contribution in [3.05, 3.63) is 24.3 Å². The smallest absolute Gasteiger partial charge is 0.215 e. The number of benzene rings is 1. The number of para-hydroxylation sites is 1. The summed E-state index contributed by atoms with van der Waals surface area (Å²) in [5, 5.41) is 0. The fourth-order valence-corrected chi connectivity index (χ4v) is 5.29. The van der Waals surface area contributed by atoms with E-state index in [0.29, 0.717) is 24.5 Å². The zero-order valence-corrected chi connectivity index (χ0v) is 14.0. The Bertz CT molecular complexity index is 567. The zero-order chi connectivity index (χ0) is 15.5. The van der Waals surface area contributed by atoms with Gasteiger partial charge in [-0.1, -0.05) is 12.1 Å². The summed E-state index contributed by atoms with van der Waals surface area (Å²) < 4.78 is 31.9. The SMILES string of the molecule is CC1CN(S(=O)(=O)CCSc2ccccc2N)CC(C)O1. The third-order valence-corrected chi connectivity index (χ3v) is 6.45. The van der Waals surface area contributed by atoms with E-state index in [0.717, 1.165) is 4.90 Å². The van der Waals surface area contributed by atoms with Crippen LogP contribution >= 0.6 is 11.8 Å². The number of thioether (sulfide) groups is 1. The van der Waals surface area contributed by atoms with Crippen LogP contribution in [0.3, 0.4) is 0 Å². The first-order valence-electron chi connectivity index (χ1n) is 6.99. The van der Waals surface area contributed by atoms with Gasteiger partial charge in [0.1, 0.15) is 0 Å². The molecule has 118 valence electrons. The number of anilines is 1. The van der Waals surface area contributed by atoms with Crippen LogP contribution in [0.5, 0.6) is 0 Å². The molecule has 2 unspecified atom stereocenters. The van der Waals surface area contributed by atoms with Crippen molar-refractivity contribution in [3.63, 3.8) is 0 Å². The number of morpholine rings is 1. The third-order valence-electron chi connectivity index (χ3n) is 3.30. The molecule has 1 heterocycles. The molecule has 7 heteroatoms. The van der Waals surface area contributed by atoms with Crippen LogP contribution in [0.4, 0.5) is 5.69 Å². The molecule has 2 atom stereocenters. The predicted octanol–water partition coefficient (Wildman–Crippen LogP) is 1.80. The maximum Gasteiger partial charge on any atom is 0.215 e. The van der Waals surface area contributed by atoms with Gasteiger partial charge in [0, 0.05) is 29.4 Å². The van der Waals surface area contributed by atoms with Crippen molar-refractivity contribution in [3.8, 4) is 0 Å². The van der Waals surface area contributed by atoms with Gasteiger partial charge in [0.15, 0.2) is 0 Å². The molecule has 1 saturated heterocycles. The van der Waals surface area contributed by atoms with Gasteiger partial charge in [0.2, 0.25) is 10.0 Å². The fraction of sp³-hybridized carbons (Fsp3) is 0.571. The van der Waals surface area contributed by atoms with Gasteiger partial charge < -0.3 is 10.5 Å². The van der Waals surface area contributed by atoms with E-state index in [1.165, 1.54) is 11.8 Å². The van der Waals surface area contributed by atoms with Gasteiger partial charge in [-0.3, -0.25) is 0 Å². The molecular weight excluding hydrogens is 308 g/mol. The maximum atomic E-state index is 12.4.